The lowest BCUT2D eigenvalue weighted by atomic mass is 10.4. The molecule has 0 spiro atoms. The molecule has 0 atom stereocenters. The number of carbonyl (C=O) groups is 2. The second-order valence-electron chi connectivity index (χ2n) is 6.91. The van der Waals surface area contributed by atoms with Gasteiger partial charge in [0.25, 0.3) is 0 Å². The van der Waals surface area contributed by atoms with E-state index in [0.717, 1.165) is 0 Å². The normalized spacial score (nSPS) is 11.5. The van der Waals surface area contributed by atoms with Crippen LogP contribution in [-0.4, -0.2) is 68.9 Å². The fourth-order valence-electron chi connectivity index (χ4n) is 2.82. The largest absolute Gasteiger partial charge is 0.500 e. The van der Waals surface area contributed by atoms with Gasteiger partial charge in [0.05, 0.1) is 13.2 Å². The number of amides is 1. The fourth-order valence-corrected chi connectivity index (χ4v) is 6.35. The Bertz CT molecular complexity index is 878. The third-order valence-electron chi connectivity index (χ3n) is 4.25. The van der Waals surface area contributed by atoms with Crippen LogP contribution in [0.25, 0.3) is 0 Å². The van der Waals surface area contributed by atoms with Crippen molar-refractivity contribution < 1.29 is 44.9 Å². The van der Waals surface area contributed by atoms with E-state index in [1.807, 2.05) is 20.8 Å². The highest BCUT2D eigenvalue weighted by atomic mass is 32.2. The van der Waals surface area contributed by atoms with Gasteiger partial charge in [0, 0.05) is 38.8 Å². The lowest BCUT2D eigenvalue weighted by molar-refractivity contribution is -0.141. The summed E-state index contributed by atoms with van der Waals surface area (Å²) in [5.74, 6) is -1.70. The van der Waals surface area contributed by atoms with E-state index in [1.54, 1.807) is 6.07 Å². The standard InChI is InChI=1S/C22H35NO10SSi/c1-5-30-35(31-6-2,32-7-3)18-11-15-23-22(25)29-17-12-16-28-21(24)19(4)33-34(26,27)20-13-9-8-10-14-20/h8-10,13-14H,4-7,11-12,15-18H2,1-3H3,(H,23,25). The van der Waals surface area contributed by atoms with Crippen LogP contribution in [0.4, 0.5) is 4.79 Å². The monoisotopic (exact) mass is 533 g/mol. The number of carbonyl (C=O) groups excluding carboxylic acids is 2. The van der Waals surface area contributed by atoms with E-state index in [-0.39, 0.29) is 24.5 Å². The Labute approximate surface area is 208 Å². The summed E-state index contributed by atoms with van der Waals surface area (Å²) in [5, 5.41) is 2.63. The van der Waals surface area contributed by atoms with Gasteiger partial charge in [-0.1, -0.05) is 18.2 Å². The highest BCUT2D eigenvalue weighted by Crippen LogP contribution is 2.18. The molecule has 0 aliphatic heterocycles. The number of ether oxygens (including phenoxy) is 2. The molecule has 13 heteroatoms. The van der Waals surface area contributed by atoms with Gasteiger partial charge in [0.1, 0.15) is 4.90 Å². The molecule has 1 amide bonds. The van der Waals surface area contributed by atoms with Crippen LogP contribution in [-0.2, 0) is 41.8 Å². The molecule has 1 rings (SSSR count). The maximum Gasteiger partial charge on any atom is 0.500 e. The maximum atomic E-state index is 12.1. The zero-order valence-corrected chi connectivity index (χ0v) is 22.3. The molecule has 1 aromatic rings. The second-order valence-corrected chi connectivity index (χ2v) is 11.2. The molecule has 0 unspecified atom stereocenters. The number of esters is 1. The first kappa shape index (κ1) is 30.6. The van der Waals surface area contributed by atoms with Crippen molar-refractivity contribution in [2.45, 2.75) is 44.6 Å². The third kappa shape index (κ3) is 11.7. The molecule has 0 aliphatic rings. The van der Waals surface area contributed by atoms with E-state index in [4.69, 9.17) is 22.8 Å². The van der Waals surface area contributed by atoms with Crippen LogP contribution in [0.5, 0.6) is 0 Å². The van der Waals surface area contributed by atoms with Crippen LogP contribution in [0.3, 0.4) is 0 Å². The molecule has 198 valence electrons. The minimum Gasteiger partial charge on any atom is -0.460 e. The third-order valence-corrected chi connectivity index (χ3v) is 8.67. The molecule has 0 fully saturated rings. The topological polar surface area (TPSA) is 136 Å². The molecule has 11 nitrogen and oxygen atoms in total. The van der Waals surface area contributed by atoms with Gasteiger partial charge in [0.2, 0.25) is 5.76 Å². The molecule has 35 heavy (non-hydrogen) atoms. The van der Waals surface area contributed by atoms with Gasteiger partial charge in [-0.25, -0.2) is 9.59 Å². The average Bonchev–Trinajstić information content (AvgIpc) is 2.82. The first-order valence-electron chi connectivity index (χ1n) is 11.4. The molecule has 0 radical (unpaired) electrons. The number of hydrogen-bond donors (Lipinski definition) is 1. The van der Waals surface area contributed by atoms with Gasteiger partial charge in [-0.05, 0) is 45.9 Å². The summed E-state index contributed by atoms with van der Waals surface area (Å²) in [6.07, 6.45) is 0.175. The van der Waals surface area contributed by atoms with Crippen molar-refractivity contribution in [2.24, 2.45) is 0 Å². The molecule has 0 aliphatic carbocycles. The van der Waals surface area contributed by atoms with Crippen LogP contribution in [0.15, 0.2) is 47.6 Å². The SMILES string of the molecule is C=C(OS(=O)(=O)c1ccccc1)C(=O)OCCCOC(=O)NCCC[Si](OCC)(OCC)OCC. The number of benzene rings is 1. The van der Waals surface area contributed by atoms with E-state index < -0.39 is 36.7 Å². The molecule has 0 saturated heterocycles. The molecular weight excluding hydrogens is 498 g/mol. The molecule has 0 heterocycles. The van der Waals surface area contributed by atoms with E-state index in [1.165, 1.54) is 24.3 Å². The Balaban J connectivity index is 2.25. The average molecular weight is 534 g/mol. The second kappa shape index (κ2) is 16.3. The van der Waals surface area contributed by atoms with Gasteiger partial charge < -0.3 is 32.3 Å². The predicted octanol–water partition coefficient (Wildman–Crippen LogP) is 3.00. The summed E-state index contributed by atoms with van der Waals surface area (Å²) >= 11 is 0. The zero-order chi connectivity index (χ0) is 26.2. The van der Waals surface area contributed by atoms with Gasteiger partial charge >= 0.3 is 31.0 Å². The van der Waals surface area contributed by atoms with Gasteiger partial charge in [-0.2, -0.15) is 8.42 Å². The maximum absolute atomic E-state index is 12.1. The van der Waals surface area contributed by atoms with E-state index in [9.17, 15) is 18.0 Å². The van der Waals surface area contributed by atoms with Crippen LogP contribution < -0.4 is 5.32 Å². The Morgan fingerprint density at radius 1 is 0.914 bits per heavy atom. The van der Waals surface area contributed by atoms with Crippen LogP contribution in [0.1, 0.15) is 33.6 Å². The predicted molar refractivity (Wildman–Crippen MR) is 129 cm³/mol. The fraction of sp³-hybridized carbons (Fsp3) is 0.545. The molecular formula is C22H35NO10SSi. The van der Waals surface area contributed by atoms with Crippen LogP contribution in [0.2, 0.25) is 6.04 Å². The minimum atomic E-state index is -4.18. The summed E-state index contributed by atoms with van der Waals surface area (Å²) in [4.78, 5) is 23.6. The summed E-state index contributed by atoms with van der Waals surface area (Å²) in [6.45, 7) is 10.6. The van der Waals surface area contributed by atoms with E-state index >= 15 is 0 Å². The van der Waals surface area contributed by atoms with Crippen molar-refractivity contribution in [3.63, 3.8) is 0 Å². The lowest BCUT2D eigenvalue weighted by Gasteiger charge is -2.28. The zero-order valence-electron chi connectivity index (χ0n) is 20.4. The molecule has 0 bridgehead atoms. The Hall–Kier alpha value is -2.45. The quantitative estimate of drug-likeness (QED) is 0.0749. The Morgan fingerprint density at radius 3 is 2.06 bits per heavy atom. The van der Waals surface area contributed by atoms with Crippen molar-refractivity contribution in [3.8, 4) is 0 Å². The van der Waals surface area contributed by atoms with Gasteiger partial charge in [-0.3, -0.25) is 0 Å². The van der Waals surface area contributed by atoms with Crippen molar-refractivity contribution >= 4 is 31.0 Å². The Morgan fingerprint density at radius 2 is 1.49 bits per heavy atom. The summed E-state index contributed by atoms with van der Waals surface area (Å²) in [7, 11) is -6.93. The van der Waals surface area contributed by atoms with Crippen molar-refractivity contribution in [1.82, 2.24) is 5.32 Å². The van der Waals surface area contributed by atoms with Crippen molar-refractivity contribution in [3.05, 3.63) is 42.7 Å². The van der Waals surface area contributed by atoms with Crippen molar-refractivity contribution in [1.29, 1.82) is 0 Å². The highest BCUT2D eigenvalue weighted by Gasteiger charge is 2.39. The summed E-state index contributed by atoms with van der Waals surface area (Å²) in [5.41, 5.74) is 0. The Kier molecular flexibility index (Phi) is 14.2. The summed E-state index contributed by atoms with van der Waals surface area (Å²) < 4.78 is 56.0. The van der Waals surface area contributed by atoms with E-state index in [2.05, 4.69) is 16.1 Å². The summed E-state index contributed by atoms with van der Waals surface area (Å²) in [6, 6.07) is 7.89. The number of alkyl carbamates (subject to hydrolysis) is 1. The first-order valence-corrected chi connectivity index (χ1v) is 14.7. The smallest absolute Gasteiger partial charge is 0.460 e. The molecule has 0 saturated carbocycles. The molecule has 1 aromatic carbocycles. The number of hydrogen-bond acceptors (Lipinski definition) is 10. The van der Waals surface area contributed by atoms with Gasteiger partial charge in [0.15, 0.2) is 0 Å². The highest BCUT2D eigenvalue weighted by molar-refractivity contribution is 7.86. The number of rotatable bonds is 18. The van der Waals surface area contributed by atoms with E-state index in [0.29, 0.717) is 38.8 Å². The number of nitrogens with one attached hydrogen (secondary N) is 1. The van der Waals surface area contributed by atoms with Crippen molar-refractivity contribution in [2.75, 3.05) is 39.6 Å². The first-order chi connectivity index (χ1) is 16.7. The van der Waals surface area contributed by atoms with Crippen LogP contribution >= 0.6 is 0 Å². The lowest BCUT2D eigenvalue weighted by Crippen LogP contribution is -2.46. The molecule has 1 N–H and O–H groups in total. The van der Waals surface area contributed by atoms with Gasteiger partial charge in [-0.15, -0.1) is 0 Å². The minimum absolute atomic E-state index is 0.00964. The van der Waals surface area contributed by atoms with Crippen LogP contribution in [0, 0.1) is 0 Å². The molecule has 0 aromatic heterocycles.